The molecule has 0 aliphatic carbocycles. The molecule has 0 heterocycles. The molecule has 0 fully saturated rings. The number of carbonyl (C=O) groups is 1. The van der Waals surface area contributed by atoms with E-state index in [0.29, 0.717) is 24.7 Å². The third-order valence-electron chi connectivity index (χ3n) is 4.57. The van der Waals surface area contributed by atoms with Crippen molar-refractivity contribution in [2.24, 2.45) is 5.73 Å². The third-order valence-corrected chi connectivity index (χ3v) is 4.57. The number of methoxy groups -OCH3 is 2. The number of hydrogen-bond acceptors (Lipinski definition) is 5. The van der Waals surface area contributed by atoms with Crippen molar-refractivity contribution in [2.45, 2.75) is 6.42 Å². The SMILES string of the molecule is COc1cc(CC(=O)Nc2ccccc2-c2ccccc2OC)ccc1OCCN. The number of ether oxygens (including phenoxy) is 3. The lowest BCUT2D eigenvalue weighted by molar-refractivity contribution is -0.115. The van der Waals surface area contributed by atoms with Gasteiger partial charge in [-0.05, 0) is 29.8 Å². The normalized spacial score (nSPS) is 10.4. The standard InChI is InChI=1S/C24H26N2O4/c1-28-21-10-6-4-8-19(21)18-7-3-5-9-20(18)26-24(27)16-17-11-12-22(30-14-13-25)23(15-17)29-2/h3-12,15H,13-14,16,25H2,1-2H3,(H,26,27). The zero-order valence-electron chi connectivity index (χ0n) is 17.2. The van der Waals surface area contributed by atoms with Crippen LogP contribution in [0.2, 0.25) is 0 Å². The van der Waals surface area contributed by atoms with Crippen molar-refractivity contribution < 1.29 is 19.0 Å². The molecular weight excluding hydrogens is 380 g/mol. The van der Waals surface area contributed by atoms with Gasteiger partial charge in [-0.2, -0.15) is 0 Å². The van der Waals surface area contributed by atoms with Crippen LogP contribution in [-0.2, 0) is 11.2 Å². The zero-order chi connectivity index (χ0) is 21.3. The Bertz CT molecular complexity index is 1000. The lowest BCUT2D eigenvalue weighted by atomic mass is 10.0. The second kappa shape index (κ2) is 10.3. The Morgan fingerprint density at radius 3 is 2.30 bits per heavy atom. The number of amides is 1. The highest BCUT2D eigenvalue weighted by molar-refractivity contribution is 5.97. The second-order valence-electron chi connectivity index (χ2n) is 6.59. The van der Waals surface area contributed by atoms with E-state index in [1.807, 2.05) is 54.6 Å². The highest BCUT2D eigenvalue weighted by Gasteiger charge is 2.13. The van der Waals surface area contributed by atoms with Gasteiger partial charge in [0.05, 0.1) is 20.6 Å². The molecule has 6 nitrogen and oxygen atoms in total. The molecule has 0 saturated carbocycles. The summed E-state index contributed by atoms with van der Waals surface area (Å²) in [7, 11) is 3.20. The molecule has 0 aromatic heterocycles. The van der Waals surface area contributed by atoms with Gasteiger partial charge in [0.15, 0.2) is 11.5 Å². The predicted molar refractivity (Wildman–Crippen MR) is 118 cm³/mol. The molecule has 156 valence electrons. The molecule has 30 heavy (non-hydrogen) atoms. The van der Waals surface area contributed by atoms with E-state index in [-0.39, 0.29) is 12.3 Å². The first kappa shape index (κ1) is 21.2. The van der Waals surface area contributed by atoms with Crippen molar-refractivity contribution in [1.82, 2.24) is 0 Å². The fourth-order valence-electron chi connectivity index (χ4n) is 3.18. The summed E-state index contributed by atoms with van der Waals surface area (Å²) in [5.74, 6) is 1.80. The van der Waals surface area contributed by atoms with E-state index in [4.69, 9.17) is 19.9 Å². The molecule has 3 N–H and O–H groups in total. The van der Waals surface area contributed by atoms with Crippen LogP contribution in [0.1, 0.15) is 5.56 Å². The summed E-state index contributed by atoms with van der Waals surface area (Å²) in [6.45, 7) is 0.814. The number of benzene rings is 3. The number of hydrogen-bond donors (Lipinski definition) is 2. The van der Waals surface area contributed by atoms with Crippen molar-refractivity contribution in [3.05, 3.63) is 72.3 Å². The van der Waals surface area contributed by atoms with Gasteiger partial charge in [0, 0.05) is 23.4 Å². The fourth-order valence-corrected chi connectivity index (χ4v) is 3.18. The van der Waals surface area contributed by atoms with Crippen LogP contribution in [0, 0.1) is 0 Å². The Morgan fingerprint density at radius 1 is 0.867 bits per heavy atom. The minimum absolute atomic E-state index is 0.130. The van der Waals surface area contributed by atoms with Gasteiger partial charge >= 0.3 is 0 Å². The van der Waals surface area contributed by atoms with Crippen LogP contribution in [-0.4, -0.2) is 33.3 Å². The highest BCUT2D eigenvalue weighted by Crippen LogP contribution is 2.35. The maximum atomic E-state index is 12.7. The van der Waals surface area contributed by atoms with Crippen LogP contribution in [0.4, 0.5) is 5.69 Å². The van der Waals surface area contributed by atoms with Crippen LogP contribution >= 0.6 is 0 Å². The lowest BCUT2D eigenvalue weighted by Gasteiger charge is -2.14. The van der Waals surface area contributed by atoms with Crippen molar-refractivity contribution >= 4 is 11.6 Å². The topological polar surface area (TPSA) is 82.8 Å². The Hall–Kier alpha value is -3.51. The third kappa shape index (κ3) is 5.10. The van der Waals surface area contributed by atoms with Crippen molar-refractivity contribution in [2.75, 3.05) is 32.7 Å². The first-order valence-corrected chi connectivity index (χ1v) is 9.68. The summed E-state index contributed by atoms with van der Waals surface area (Å²) in [4.78, 5) is 12.7. The number of carbonyl (C=O) groups excluding carboxylic acids is 1. The molecule has 0 radical (unpaired) electrons. The predicted octanol–water partition coefficient (Wildman–Crippen LogP) is 3.89. The summed E-state index contributed by atoms with van der Waals surface area (Å²) >= 11 is 0. The largest absolute Gasteiger partial charge is 0.496 e. The molecule has 0 spiro atoms. The fraction of sp³-hybridized carbons (Fsp3) is 0.208. The number of anilines is 1. The maximum Gasteiger partial charge on any atom is 0.228 e. The number of nitrogens with one attached hydrogen (secondary N) is 1. The zero-order valence-corrected chi connectivity index (χ0v) is 17.2. The summed E-state index contributed by atoms with van der Waals surface area (Å²) in [6.07, 6.45) is 0.202. The minimum atomic E-state index is -0.130. The van der Waals surface area contributed by atoms with Crippen molar-refractivity contribution in [3.8, 4) is 28.4 Å². The van der Waals surface area contributed by atoms with E-state index in [1.165, 1.54) is 0 Å². The second-order valence-corrected chi connectivity index (χ2v) is 6.59. The molecule has 0 aliphatic rings. The van der Waals surface area contributed by atoms with Crippen LogP contribution in [0.5, 0.6) is 17.2 Å². The number of nitrogens with two attached hydrogens (primary N) is 1. The first-order valence-electron chi connectivity index (χ1n) is 9.68. The summed E-state index contributed by atoms with van der Waals surface area (Å²) < 4.78 is 16.4. The lowest BCUT2D eigenvalue weighted by Crippen LogP contribution is -2.15. The molecule has 0 atom stereocenters. The van der Waals surface area contributed by atoms with E-state index >= 15 is 0 Å². The Morgan fingerprint density at radius 2 is 1.57 bits per heavy atom. The Labute approximate surface area is 176 Å². The van der Waals surface area contributed by atoms with Gasteiger partial charge in [-0.25, -0.2) is 0 Å². The van der Waals surface area contributed by atoms with Gasteiger partial charge in [0.25, 0.3) is 0 Å². The van der Waals surface area contributed by atoms with E-state index in [0.717, 1.165) is 28.1 Å². The molecular formula is C24H26N2O4. The summed E-state index contributed by atoms with van der Waals surface area (Å²) in [5, 5.41) is 3.01. The minimum Gasteiger partial charge on any atom is -0.496 e. The van der Waals surface area contributed by atoms with Gasteiger partial charge < -0.3 is 25.3 Å². The van der Waals surface area contributed by atoms with Gasteiger partial charge in [-0.3, -0.25) is 4.79 Å². The van der Waals surface area contributed by atoms with Crippen molar-refractivity contribution in [1.29, 1.82) is 0 Å². The van der Waals surface area contributed by atoms with Gasteiger partial charge in [0.1, 0.15) is 12.4 Å². The monoisotopic (exact) mass is 406 g/mol. The smallest absolute Gasteiger partial charge is 0.228 e. The van der Waals surface area contributed by atoms with Crippen LogP contribution in [0.25, 0.3) is 11.1 Å². The van der Waals surface area contributed by atoms with Crippen LogP contribution < -0.4 is 25.3 Å². The van der Waals surface area contributed by atoms with E-state index in [9.17, 15) is 4.79 Å². The van der Waals surface area contributed by atoms with Gasteiger partial charge in [0.2, 0.25) is 5.91 Å². The van der Waals surface area contributed by atoms with Gasteiger partial charge in [-0.1, -0.05) is 42.5 Å². The van der Waals surface area contributed by atoms with E-state index in [2.05, 4.69) is 5.32 Å². The molecule has 6 heteroatoms. The Kier molecular flexibility index (Phi) is 7.29. The molecule has 3 aromatic carbocycles. The number of para-hydroxylation sites is 2. The summed E-state index contributed by atoms with van der Waals surface area (Å²) in [6, 6.07) is 20.8. The average Bonchev–Trinajstić information content (AvgIpc) is 2.78. The Balaban J connectivity index is 1.78. The molecule has 0 saturated heterocycles. The van der Waals surface area contributed by atoms with E-state index < -0.39 is 0 Å². The van der Waals surface area contributed by atoms with Crippen LogP contribution in [0.15, 0.2) is 66.7 Å². The molecule has 1 amide bonds. The van der Waals surface area contributed by atoms with Gasteiger partial charge in [-0.15, -0.1) is 0 Å². The summed E-state index contributed by atoms with van der Waals surface area (Å²) in [5.41, 5.74) is 8.84. The van der Waals surface area contributed by atoms with Crippen molar-refractivity contribution in [3.63, 3.8) is 0 Å². The first-order chi connectivity index (χ1) is 14.7. The average molecular weight is 406 g/mol. The number of rotatable bonds is 9. The molecule has 3 rings (SSSR count). The highest BCUT2D eigenvalue weighted by atomic mass is 16.5. The maximum absolute atomic E-state index is 12.7. The molecule has 0 aliphatic heterocycles. The molecule has 0 unspecified atom stereocenters. The quantitative estimate of drug-likeness (QED) is 0.563. The van der Waals surface area contributed by atoms with Crippen LogP contribution in [0.3, 0.4) is 0 Å². The van der Waals surface area contributed by atoms with E-state index in [1.54, 1.807) is 26.4 Å². The molecule has 3 aromatic rings. The molecule has 0 bridgehead atoms.